The van der Waals surface area contributed by atoms with Crippen LogP contribution >= 0.6 is 10.7 Å². The van der Waals surface area contributed by atoms with Gasteiger partial charge < -0.3 is 9.84 Å². The molecular weight excluding hydrogens is 332 g/mol. The Hall–Kier alpha value is -1.32. The summed E-state index contributed by atoms with van der Waals surface area (Å²) in [6.45, 7) is -0.244. The van der Waals surface area contributed by atoms with Crippen LogP contribution in [0, 0.1) is 0 Å². The summed E-state index contributed by atoms with van der Waals surface area (Å²) < 4.78 is 49.1. The van der Waals surface area contributed by atoms with Gasteiger partial charge in [0.15, 0.2) is 9.84 Å². The van der Waals surface area contributed by atoms with Crippen molar-refractivity contribution in [3.8, 4) is 5.75 Å². The molecule has 0 radical (unpaired) electrons. The highest BCUT2D eigenvalue weighted by Crippen LogP contribution is 2.24. The van der Waals surface area contributed by atoms with Crippen LogP contribution in [0.25, 0.3) is 0 Å². The molecule has 1 aromatic rings. The molecule has 0 aliphatic carbocycles. The fourth-order valence-electron chi connectivity index (χ4n) is 1.26. The summed E-state index contributed by atoms with van der Waals surface area (Å²) in [5.41, 5.74) is -0.416. The second-order valence-corrected chi connectivity index (χ2v) is 8.70. The Labute approximate surface area is 120 Å². The highest BCUT2D eigenvalue weighted by molar-refractivity contribution is 8.13. The van der Waals surface area contributed by atoms with E-state index in [1.165, 1.54) is 0 Å². The van der Waals surface area contributed by atoms with Gasteiger partial charge in [-0.1, -0.05) is 0 Å². The van der Waals surface area contributed by atoms with Crippen LogP contribution in [-0.2, 0) is 18.9 Å². The zero-order valence-corrected chi connectivity index (χ0v) is 12.6. The van der Waals surface area contributed by atoms with Gasteiger partial charge >= 0.3 is 5.97 Å². The predicted molar refractivity (Wildman–Crippen MR) is 71.6 cm³/mol. The van der Waals surface area contributed by atoms with Crippen molar-refractivity contribution in [1.29, 1.82) is 0 Å². The first kappa shape index (κ1) is 16.7. The third-order valence-corrected chi connectivity index (χ3v) is 4.43. The summed E-state index contributed by atoms with van der Waals surface area (Å²) in [7, 11) is -2.20. The fraction of sp³-hybridized carbons (Fsp3) is 0.300. The van der Waals surface area contributed by atoms with Gasteiger partial charge in [-0.25, -0.2) is 21.6 Å². The van der Waals surface area contributed by atoms with Crippen LogP contribution in [0.4, 0.5) is 0 Å². The van der Waals surface area contributed by atoms with Gasteiger partial charge in [0.05, 0.1) is 10.6 Å². The zero-order chi connectivity index (χ0) is 15.6. The molecule has 0 aromatic heterocycles. The van der Waals surface area contributed by atoms with Gasteiger partial charge in [-0.2, -0.15) is 0 Å². The molecule has 0 amide bonds. The van der Waals surface area contributed by atoms with Crippen LogP contribution in [0.15, 0.2) is 23.1 Å². The molecule has 0 heterocycles. The maximum absolute atomic E-state index is 11.1. The van der Waals surface area contributed by atoms with Crippen LogP contribution in [0.2, 0.25) is 0 Å². The summed E-state index contributed by atoms with van der Waals surface area (Å²) >= 11 is 0. The lowest BCUT2D eigenvalue weighted by atomic mass is 10.2. The Bertz CT molecular complexity index is 722. The highest BCUT2D eigenvalue weighted by Gasteiger charge is 2.18. The number of halogens is 1. The van der Waals surface area contributed by atoms with Crippen molar-refractivity contribution >= 4 is 35.5 Å². The maximum Gasteiger partial charge on any atom is 0.339 e. The summed E-state index contributed by atoms with van der Waals surface area (Å²) in [5, 5.41) is 8.98. The molecular formula is C10H11ClO7S2. The Morgan fingerprint density at radius 2 is 1.90 bits per heavy atom. The molecule has 0 aliphatic heterocycles. The SMILES string of the molecule is CS(=O)(=O)CCOc1ccc(S(=O)(=O)Cl)cc1C(=O)O. The molecule has 0 bridgehead atoms. The Balaban J connectivity index is 3.06. The molecule has 1 rings (SSSR count). The van der Waals surface area contributed by atoms with Crippen molar-refractivity contribution in [2.75, 3.05) is 18.6 Å². The number of aromatic carboxylic acids is 1. The van der Waals surface area contributed by atoms with Crippen molar-refractivity contribution in [2.24, 2.45) is 0 Å². The average Bonchev–Trinajstić information content (AvgIpc) is 2.25. The van der Waals surface area contributed by atoms with E-state index in [1.807, 2.05) is 0 Å². The fourth-order valence-corrected chi connectivity index (χ4v) is 2.42. The quantitative estimate of drug-likeness (QED) is 0.758. The Morgan fingerprint density at radius 1 is 1.30 bits per heavy atom. The van der Waals surface area contributed by atoms with Crippen LogP contribution < -0.4 is 4.74 Å². The average molecular weight is 343 g/mol. The molecule has 0 fully saturated rings. The topological polar surface area (TPSA) is 115 Å². The molecule has 112 valence electrons. The molecule has 1 aromatic carbocycles. The summed E-state index contributed by atoms with van der Waals surface area (Å²) in [6.07, 6.45) is 1.01. The minimum Gasteiger partial charge on any atom is -0.492 e. The van der Waals surface area contributed by atoms with Gasteiger partial charge in [0.25, 0.3) is 9.05 Å². The maximum atomic E-state index is 11.1. The first-order valence-electron chi connectivity index (χ1n) is 5.13. The summed E-state index contributed by atoms with van der Waals surface area (Å²) in [5.74, 6) is -1.84. The molecule has 7 nitrogen and oxygen atoms in total. The molecule has 0 saturated carbocycles. The molecule has 20 heavy (non-hydrogen) atoms. The molecule has 0 spiro atoms. The van der Waals surface area contributed by atoms with E-state index in [2.05, 4.69) is 0 Å². The van der Waals surface area contributed by atoms with E-state index in [1.54, 1.807) is 0 Å². The number of rotatable bonds is 6. The van der Waals surface area contributed by atoms with E-state index in [0.717, 1.165) is 24.5 Å². The number of benzene rings is 1. The largest absolute Gasteiger partial charge is 0.492 e. The van der Waals surface area contributed by atoms with Gasteiger partial charge in [0.2, 0.25) is 0 Å². The smallest absolute Gasteiger partial charge is 0.339 e. The number of carboxylic acids is 1. The lowest BCUT2D eigenvalue weighted by Gasteiger charge is -2.09. The van der Waals surface area contributed by atoms with Crippen molar-refractivity contribution in [3.63, 3.8) is 0 Å². The monoisotopic (exact) mass is 342 g/mol. The lowest BCUT2D eigenvalue weighted by Crippen LogP contribution is -2.13. The Kier molecular flexibility index (Phi) is 5.00. The number of sulfone groups is 1. The number of hydrogen-bond acceptors (Lipinski definition) is 6. The number of carbonyl (C=O) groups is 1. The molecule has 0 saturated heterocycles. The normalized spacial score (nSPS) is 12.1. The van der Waals surface area contributed by atoms with Crippen LogP contribution in [0.3, 0.4) is 0 Å². The van der Waals surface area contributed by atoms with E-state index in [4.69, 9.17) is 20.5 Å². The van der Waals surface area contributed by atoms with Crippen LogP contribution in [0.5, 0.6) is 5.75 Å². The minimum absolute atomic E-state index is 0.134. The van der Waals surface area contributed by atoms with Crippen molar-refractivity contribution < 1.29 is 31.5 Å². The third kappa shape index (κ3) is 4.99. The number of carboxylic acid groups (broad SMARTS) is 1. The highest BCUT2D eigenvalue weighted by atomic mass is 35.7. The number of hydrogen-bond donors (Lipinski definition) is 1. The van der Waals surface area contributed by atoms with Crippen molar-refractivity contribution in [1.82, 2.24) is 0 Å². The lowest BCUT2D eigenvalue weighted by molar-refractivity contribution is 0.0692. The van der Waals surface area contributed by atoms with E-state index < -0.39 is 30.4 Å². The first-order chi connectivity index (χ1) is 9.00. The predicted octanol–water partition coefficient (Wildman–Crippen LogP) is 0.736. The minimum atomic E-state index is -4.06. The van der Waals surface area contributed by atoms with Crippen LogP contribution in [-0.4, -0.2) is 46.5 Å². The molecule has 0 aliphatic rings. The van der Waals surface area contributed by atoms with E-state index >= 15 is 0 Å². The van der Waals surface area contributed by atoms with E-state index in [0.29, 0.717) is 0 Å². The summed E-state index contributed by atoms with van der Waals surface area (Å²) in [4.78, 5) is 10.6. The standard InChI is InChI=1S/C10H11ClO7S2/c1-19(14,15)5-4-18-9-3-2-7(20(11,16)17)6-8(9)10(12)13/h2-3,6H,4-5H2,1H3,(H,12,13). The van der Waals surface area contributed by atoms with Gasteiger partial charge in [0, 0.05) is 16.9 Å². The molecule has 1 N–H and O–H groups in total. The van der Waals surface area contributed by atoms with E-state index in [-0.39, 0.29) is 23.0 Å². The van der Waals surface area contributed by atoms with Crippen molar-refractivity contribution in [2.45, 2.75) is 4.90 Å². The van der Waals surface area contributed by atoms with Gasteiger partial charge in [-0.05, 0) is 18.2 Å². The summed E-state index contributed by atoms with van der Waals surface area (Å²) in [6, 6.07) is 3.03. The van der Waals surface area contributed by atoms with Crippen molar-refractivity contribution in [3.05, 3.63) is 23.8 Å². The zero-order valence-electron chi connectivity index (χ0n) is 10.2. The molecule has 0 atom stereocenters. The van der Waals surface area contributed by atoms with Gasteiger partial charge in [0.1, 0.15) is 17.9 Å². The third-order valence-electron chi connectivity index (χ3n) is 2.17. The van der Waals surface area contributed by atoms with Gasteiger partial charge in [-0.3, -0.25) is 0 Å². The van der Waals surface area contributed by atoms with Gasteiger partial charge in [-0.15, -0.1) is 0 Å². The Morgan fingerprint density at radius 3 is 2.35 bits per heavy atom. The molecule has 0 unspecified atom stereocenters. The second-order valence-electron chi connectivity index (χ2n) is 3.88. The van der Waals surface area contributed by atoms with E-state index in [9.17, 15) is 21.6 Å². The number of ether oxygens (including phenoxy) is 1. The van der Waals surface area contributed by atoms with Crippen LogP contribution in [0.1, 0.15) is 10.4 Å². The first-order valence-corrected chi connectivity index (χ1v) is 9.50. The second kappa shape index (κ2) is 5.98. The molecule has 10 heteroatoms.